The average Bonchev–Trinajstić information content (AvgIpc) is 2.77. The van der Waals surface area contributed by atoms with Crippen LogP contribution in [0.3, 0.4) is 0 Å². The molecule has 1 aromatic carbocycles. The van der Waals surface area contributed by atoms with Crippen LogP contribution >= 0.6 is 0 Å². The lowest BCUT2D eigenvalue weighted by atomic mass is 9.97. The van der Waals surface area contributed by atoms with Gasteiger partial charge < -0.3 is 24.5 Å². The first-order valence-corrected chi connectivity index (χ1v) is 9.79. The number of methoxy groups -OCH3 is 1. The average molecular weight is 398 g/mol. The summed E-state index contributed by atoms with van der Waals surface area (Å²) in [7, 11) is 1.65. The molecule has 2 aliphatic heterocycles. The number of aliphatic carboxylic acids is 1. The number of rotatable bonds is 5. The molecule has 1 aromatic rings. The van der Waals surface area contributed by atoms with Crippen LogP contribution in [-0.2, 0) is 9.59 Å². The highest BCUT2D eigenvalue weighted by Crippen LogP contribution is 2.28. The molecular formula is C21H26N4O4. The molecule has 0 bridgehead atoms. The summed E-state index contributed by atoms with van der Waals surface area (Å²) in [6.07, 6.45) is 2.50. The van der Waals surface area contributed by atoms with Crippen LogP contribution in [0, 0.1) is 17.2 Å². The quantitative estimate of drug-likeness (QED) is 0.594. The second-order valence-corrected chi connectivity index (χ2v) is 7.25. The molecule has 154 valence electrons. The number of amides is 1. The van der Waals surface area contributed by atoms with Crippen LogP contribution in [0.25, 0.3) is 0 Å². The summed E-state index contributed by atoms with van der Waals surface area (Å²) in [4.78, 5) is 29.6. The minimum Gasteiger partial charge on any atom is -0.495 e. The third-order valence-electron chi connectivity index (χ3n) is 5.53. The predicted octanol–water partition coefficient (Wildman–Crippen LogP) is 1.55. The Morgan fingerprint density at radius 3 is 2.38 bits per heavy atom. The lowest BCUT2D eigenvalue weighted by molar-refractivity contribution is -0.145. The molecule has 0 aromatic heterocycles. The number of hydrogen-bond donors (Lipinski definition) is 1. The zero-order chi connectivity index (χ0) is 20.8. The number of nitriles is 1. The van der Waals surface area contributed by atoms with E-state index in [0.29, 0.717) is 39.0 Å². The van der Waals surface area contributed by atoms with Gasteiger partial charge in [0.05, 0.1) is 18.7 Å². The van der Waals surface area contributed by atoms with Crippen molar-refractivity contribution in [2.45, 2.75) is 12.8 Å². The smallest absolute Gasteiger partial charge is 0.306 e. The van der Waals surface area contributed by atoms with Crippen molar-refractivity contribution in [2.24, 2.45) is 5.92 Å². The maximum Gasteiger partial charge on any atom is 0.306 e. The number of anilines is 1. The Balaban J connectivity index is 1.59. The van der Waals surface area contributed by atoms with Gasteiger partial charge in [-0.1, -0.05) is 12.1 Å². The number of piperidine rings is 1. The minimum atomic E-state index is -0.818. The molecule has 2 aliphatic rings. The minimum absolute atomic E-state index is 0.101. The second kappa shape index (κ2) is 9.32. The molecule has 0 spiro atoms. The van der Waals surface area contributed by atoms with Crippen LogP contribution in [0.15, 0.2) is 36.0 Å². The van der Waals surface area contributed by atoms with Crippen molar-refractivity contribution >= 4 is 17.6 Å². The standard InChI is InChI=1S/C21H26N4O4/c1-29-19-5-3-2-4-18(19)24-12-10-23(11-13-24)15-17(14-22)20(26)25-8-6-16(7-9-25)21(27)28/h2-5,15-16H,6-13H2,1H3,(H,27,28)/b17-15-. The number of ether oxygens (including phenoxy) is 1. The summed E-state index contributed by atoms with van der Waals surface area (Å²) in [5, 5.41) is 18.6. The number of carbonyl (C=O) groups is 2. The van der Waals surface area contributed by atoms with E-state index in [-0.39, 0.29) is 11.5 Å². The fourth-order valence-corrected chi connectivity index (χ4v) is 3.80. The fourth-order valence-electron chi connectivity index (χ4n) is 3.80. The van der Waals surface area contributed by atoms with Crippen molar-refractivity contribution in [3.05, 3.63) is 36.0 Å². The number of piperazine rings is 1. The van der Waals surface area contributed by atoms with Crippen molar-refractivity contribution in [1.29, 1.82) is 5.26 Å². The molecule has 1 amide bonds. The van der Waals surface area contributed by atoms with Crippen LogP contribution < -0.4 is 9.64 Å². The Morgan fingerprint density at radius 1 is 1.14 bits per heavy atom. The van der Waals surface area contributed by atoms with E-state index in [2.05, 4.69) is 4.90 Å². The summed E-state index contributed by atoms with van der Waals surface area (Å²) >= 11 is 0. The molecule has 2 saturated heterocycles. The highest BCUT2D eigenvalue weighted by molar-refractivity contribution is 5.97. The van der Waals surface area contributed by atoms with Gasteiger partial charge in [0.25, 0.3) is 5.91 Å². The van der Waals surface area contributed by atoms with Gasteiger partial charge in [-0.2, -0.15) is 5.26 Å². The maximum atomic E-state index is 12.7. The molecule has 2 fully saturated rings. The van der Waals surface area contributed by atoms with E-state index in [1.165, 1.54) is 0 Å². The SMILES string of the molecule is COc1ccccc1N1CCN(/C=C(/C#N)C(=O)N2CCC(C(=O)O)CC2)CC1. The highest BCUT2D eigenvalue weighted by Gasteiger charge is 2.29. The monoisotopic (exact) mass is 398 g/mol. The molecular weight excluding hydrogens is 372 g/mol. The topological polar surface area (TPSA) is 97.1 Å². The number of nitrogens with zero attached hydrogens (tertiary/aromatic N) is 4. The Bertz CT molecular complexity index is 816. The second-order valence-electron chi connectivity index (χ2n) is 7.25. The van der Waals surface area contributed by atoms with Crippen molar-refractivity contribution < 1.29 is 19.4 Å². The molecule has 3 rings (SSSR count). The molecule has 0 atom stereocenters. The number of likely N-dealkylation sites (tertiary alicyclic amines) is 1. The molecule has 8 nitrogen and oxygen atoms in total. The molecule has 0 saturated carbocycles. The van der Waals surface area contributed by atoms with Crippen LogP contribution in [0.4, 0.5) is 5.69 Å². The lowest BCUT2D eigenvalue weighted by Gasteiger charge is -2.36. The van der Waals surface area contributed by atoms with Crippen LogP contribution in [0.1, 0.15) is 12.8 Å². The van der Waals surface area contributed by atoms with Gasteiger partial charge >= 0.3 is 5.97 Å². The predicted molar refractivity (Wildman–Crippen MR) is 107 cm³/mol. The Morgan fingerprint density at radius 2 is 1.79 bits per heavy atom. The van der Waals surface area contributed by atoms with E-state index < -0.39 is 11.9 Å². The number of carboxylic acids is 1. The molecule has 1 N–H and O–H groups in total. The number of hydrogen-bond acceptors (Lipinski definition) is 6. The van der Waals surface area contributed by atoms with E-state index in [1.807, 2.05) is 35.2 Å². The van der Waals surface area contributed by atoms with E-state index in [9.17, 15) is 14.9 Å². The zero-order valence-electron chi connectivity index (χ0n) is 16.6. The molecule has 2 heterocycles. The first kappa shape index (κ1) is 20.5. The first-order valence-electron chi connectivity index (χ1n) is 9.79. The van der Waals surface area contributed by atoms with E-state index in [4.69, 9.17) is 9.84 Å². The van der Waals surface area contributed by atoms with Gasteiger partial charge in [-0.05, 0) is 25.0 Å². The van der Waals surface area contributed by atoms with Gasteiger partial charge in [0.1, 0.15) is 17.4 Å². The van der Waals surface area contributed by atoms with Crippen LogP contribution in [0.5, 0.6) is 5.75 Å². The Hall–Kier alpha value is -3.21. The van der Waals surface area contributed by atoms with Crippen molar-refractivity contribution in [3.63, 3.8) is 0 Å². The maximum absolute atomic E-state index is 12.7. The van der Waals surface area contributed by atoms with Gasteiger partial charge in [0, 0.05) is 45.5 Å². The molecule has 29 heavy (non-hydrogen) atoms. The number of benzene rings is 1. The van der Waals surface area contributed by atoms with E-state index >= 15 is 0 Å². The molecule has 0 unspecified atom stereocenters. The van der Waals surface area contributed by atoms with Crippen LogP contribution in [0.2, 0.25) is 0 Å². The summed E-state index contributed by atoms with van der Waals surface area (Å²) in [5.74, 6) is -0.713. The van der Waals surface area contributed by atoms with Gasteiger partial charge in [0.2, 0.25) is 0 Å². The van der Waals surface area contributed by atoms with E-state index in [0.717, 1.165) is 24.5 Å². The van der Waals surface area contributed by atoms with Gasteiger partial charge in [-0.25, -0.2) is 0 Å². The first-order chi connectivity index (χ1) is 14.0. The van der Waals surface area contributed by atoms with Gasteiger partial charge in [0.15, 0.2) is 0 Å². The highest BCUT2D eigenvalue weighted by atomic mass is 16.5. The normalized spacial score (nSPS) is 18.3. The summed E-state index contributed by atoms with van der Waals surface area (Å²) < 4.78 is 5.43. The largest absolute Gasteiger partial charge is 0.495 e. The summed E-state index contributed by atoms with van der Waals surface area (Å²) in [5.41, 5.74) is 1.14. The van der Waals surface area contributed by atoms with Gasteiger partial charge in [-0.15, -0.1) is 0 Å². The van der Waals surface area contributed by atoms with Crippen molar-refractivity contribution in [1.82, 2.24) is 9.80 Å². The number of para-hydroxylation sites is 2. The van der Waals surface area contributed by atoms with Gasteiger partial charge in [-0.3, -0.25) is 9.59 Å². The lowest BCUT2D eigenvalue weighted by Crippen LogP contribution is -2.45. The fraction of sp³-hybridized carbons (Fsp3) is 0.476. The molecule has 0 radical (unpaired) electrons. The number of carboxylic acid groups (broad SMARTS) is 1. The third-order valence-corrected chi connectivity index (χ3v) is 5.53. The molecule has 0 aliphatic carbocycles. The van der Waals surface area contributed by atoms with Crippen molar-refractivity contribution in [2.75, 3.05) is 51.3 Å². The Kier molecular flexibility index (Phi) is 6.60. The van der Waals surface area contributed by atoms with E-state index in [1.54, 1.807) is 18.2 Å². The number of carbonyl (C=O) groups excluding carboxylic acids is 1. The third kappa shape index (κ3) is 4.80. The molecule has 8 heteroatoms. The zero-order valence-corrected chi connectivity index (χ0v) is 16.6. The summed E-state index contributed by atoms with van der Waals surface area (Å²) in [6.45, 7) is 3.64. The van der Waals surface area contributed by atoms with Crippen LogP contribution in [-0.4, -0.2) is 73.2 Å². The van der Waals surface area contributed by atoms with Crippen molar-refractivity contribution in [3.8, 4) is 11.8 Å². The summed E-state index contributed by atoms with van der Waals surface area (Å²) in [6, 6.07) is 9.89. The Labute approximate surface area is 170 Å².